The third kappa shape index (κ3) is 3.31. The lowest BCUT2D eigenvalue weighted by Crippen LogP contribution is -2.35. The molecule has 2 unspecified atom stereocenters. The first-order valence-corrected chi connectivity index (χ1v) is 6.90. The van der Waals surface area contributed by atoms with Gasteiger partial charge in [-0.25, -0.2) is 0 Å². The molecule has 0 N–H and O–H groups in total. The Bertz CT molecular complexity index is 247. The minimum absolute atomic E-state index is 0.336. The molecule has 0 aromatic heterocycles. The monoisotopic (exact) mass is 223 g/mol. The van der Waals surface area contributed by atoms with Crippen LogP contribution in [0.15, 0.2) is 0 Å². The lowest BCUT2D eigenvalue weighted by Gasteiger charge is -2.30. The first-order chi connectivity index (χ1) is 7.69. The Labute approximate surface area is 99.4 Å². The predicted molar refractivity (Wildman–Crippen MR) is 66.4 cm³/mol. The molecule has 0 spiro atoms. The summed E-state index contributed by atoms with van der Waals surface area (Å²) in [7, 11) is 2.18. The number of ketones is 1. The highest BCUT2D eigenvalue weighted by Gasteiger charge is 2.30. The number of nitrogens with zero attached hydrogens (tertiary/aromatic N) is 1. The SMILES string of the molecule is CCC1CCC(=O)C(CN(C)CC2CC2)C1. The second kappa shape index (κ2) is 5.31. The molecule has 0 radical (unpaired) electrons. The summed E-state index contributed by atoms with van der Waals surface area (Å²) in [6, 6.07) is 0. The van der Waals surface area contributed by atoms with Gasteiger partial charge in [0.15, 0.2) is 0 Å². The van der Waals surface area contributed by atoms with E-state index in [1.807, 2.05) is 0 Å². The predicted octanol–water partition coefficient (Wildman–Crippen LogP) is 2.72. The molecule has 0 aromatic rings. The van der Waals surface area contributed by atoms with Gasteiger partial charge in [-0.15, -0.1) is 0 Å². The van der Waals surface area contributed by atoms with E-state index in [9.17, 15) is 4.79 Å². The molecule has 2 heteroatoms. The Kier molecular flexibility index (Phi) is 4.01. The Balaban J connectivity index is 1.78. The highest BCUT2D eigenvalue weighted by Crippen LogP contribution is 2.32. The molecule has 2 fully saturated rings. The van der Waals surface area contributed by atoms with Crippen molar-refractivity contribution >= 4 is 5.78 Å². The van der Waals surface area contributed by atoms with E-state index in [-0.39, 0.29) is 0 Å². The summed E-state index contributed by atoms with van der Waals surface area (Å²) in [5.74, 6) is 2.59. The van der Waals surface area contributed by atoms with Gasteiger partial charge in [-0.1, -0.05) is 13.3 Å². The van der Waals surface area contributed by atoms with Crippen LogP contribution < -0.4 is 0 Å². The molecule has 2 aliphatic rings. The lowest BCUT2D eigenvalue weighted by atomic mass is 9.79. The largest absolute Gasteiger partial charge is 0.305 e. The summed E-state index contributed by atoms with van der Waals surface area (Å²) in [6.07, 6.45) is 7.17. The lowest BCUT2D eigenvalue weighted by molar-refractivity contribution is -0.126. The van der Waals surface area contributed by atoms with Crippen LogP contribution in [0, 0.1) is 17.8 Å². The number of hydrogen-bond donors (Lipinski definition) is 0. The van der Waals surface area contributed by atoms with Crippen LogP contribution in [-0.2, 0) is 4.79 Å². The highest BCUT2D eigenvalue weighted by atomic mass is 16.1. The van der Waals surface area contributed by atoms with Crippen LogP contribution in [0.5, 0.6) is 0 Å². The van der Waals surface area contributed by atoms with Crippen molar-refractivity contribution in [3.05, 3.63) is 0 Å². The molecule has 2 saturated carbocycles. The Morgan fingerprint density at radius 2 is 1.94 bits per heavy atom. The van der Waals surface area contributed by atoms with Gasteiger partial charge in [0.2, 0.25) is 0 Å². The van der Waals surface area contributed by atoms with Gasteiger partial charge < -0.3 is 4.90 Å². The molecule has 0 aromatic carbocycles. The van der Waals surface area contributed by atoms with Gasteiger partial charge in [-0.3, -0.25) is 4.79 Å². The molecular formula is C14H25NO. The van der Waals surface area contributed by atoms with Crippen molar-refractivity contribution in [2.75, 3.05) is 20.1 Å². The van der Waals surface area contributed by atoms with E-state index >= 15 is 0 Å². The van der Waals surface area contributed by atoms with Gasteiger partial charge in [0, 0.05) is 25.4 Å². The second-order valence-electron chi connectivity index (χ2n) is 5.88. The van der Waals surface area contributed by atoms with Gasteiger partial charge in [0.25, 0.3) is 0 Å². The standard InChI is InChI=1S/C14H25NO/c1-3-11-6-7-14(16)13(8-11)10-15(2)9-12-4-5-12/h11-13H,3-10H2,1-2H3. The van der Waals surface area contributed by atoms with Crippen LogP contribution in [0.1, 0.15) is 45.4 Å². The molecule has 0 saturated heterocycles. The van der Waals surface area contributed by atoms with Crippen LogP contribution in [0.4, 0.5) is 0 Å². The smallest absolute Gasteiger partial charge is 0.137 e. The van der Waals surface area contributed by atoms with Crippen molar-refractivity contribution in [2.45, 2.75) is 45.4 Å². The molecule has 92 valence electrons. The average molecular weight is 223 g/mol. The van der Waals surface area contributed by atoms with Crippen molar-refractivity contribution in [1.29, 1.82) is 0 Å². The van der Waals surface area contributed by atoms with Gasteiger partial charge in [0.05, 0.1) is 0 Å². The van der Waals surface area contributed by atoms with Crippen molar-refractivity contribution in [3.63, 3.8) is 0 Å². The fourth-order valence-corrected chi connectivity index (χ4v) is 2.94. The van der Waals surface area contributed by atoms with Crippen LogP contribution in [0.25, 0.3) is 0 Å². The maximum Gasteiger partial charge on any atom is 0.137 e. The van der Waals surface area contributed by atoms with Crippen LogP contribution in [-0.4, -0.2) is 30.8 Å². The molecule has 2 nitrogen and oxygen atoms in total. The molecule has 0 aliphatic heterocycles. The number of carbonyl (C=O) groups is 1. The zero-order valence-electron chi connectivity index (χ0n) is 10.7. The van der Waals surface area contributed by atoms with E-state index < -0.39 is 0 Å². The third-order valence-electron chi connectivity index (χ3n) is 4.25. The van der Waals surface area contributed by atoms with Crippen LogP contribution in [0.3, 0.4) is 0 Å². The molecule has 2 aliphatic carbocycles. The Hall–Kier alpha value is -0.370. The summed E-state index contributed by atoms with van der Waals surface area (Å²) in [6.45, 7) is 4.47. The maximum absolute atomic E-state index is 11.9. The summed E-state index contributed by atoms with van der Waals surface area (Å²) in [4.78, 5) is 14.3. The van der Waals surface area contributed by atoms with Crippen molar-refractivity contribution in [1.82, 2.24) is 4.90 Å². The quantitative estimate of drug-likeness (QED) is 0.714. The number of carbonyl (C=O) groups excluding carboxylic acids is 1. The number of rotatable bonds is 5. The van der Waals surface area contributed by atoms with Gasteiger partial charge >= 0.3 is 0 Å². The second-order valence-corrected chi connectivity index (χ2v) is 5.88. The summed E-state index contributed by atoms with van der Waals surface area (Å²) in [5.41, 5.74) is 0. The number of Topliss-reactive ketones (excluding diaryl/α,β-unsaturated/α-hetero) is 1. The molecule has 16 heavy (non-hydrogen) atoms. The highest BCUT2D eigenvalue weighted by molar-refractivity contribution is 5.81. The minimum atomic E-state index is 0.336. The maximum atomic E-state index is 11.9. The van der Waals surface area contributed by atoms with Gasteiger partial charge in [-0.2, -0.15) is 0 Å². The molecular weight excluding hydrogens is 198 g/mol. The average Bonchev–Trinajstić information content (AvgIpc) is 3.05. The van der Waals surface area contributed by atoms with Gasteiger partial charge in [-0.05, 0) is 44.6 Å². The Morgan fingerprint density at radius 3 is 2.56 bits per heavy atom. The van der Waals surface area contributed by atoms with Crippen molar-refractivity contribution in [3.8, 4) is 0 Å². The molecule has 2 rings (SSSR count). The van der Waals surface area contributed by atoms with E-state index in [4.69, 9.17) is 0 Å². The molecule has 0 heterocycles. The summed E-state index contributed by atoms with van der Waals surface area (Å²) >= 11 is 0. The van der Waals surface area contributed by atoms with Crippen LogP contribution >= 0.6 is 0 Å². The normalized spacial score (nSPS) is 31.1. The van der Waals surface area contributed by atoms with Gasteiger partial charge in [0.1, 0.15) is 5.78 Å². The zero-order chi connectivity index (χ0) is 11.5. The fraction of sp³-hybridized carbons (Fsp3) is 0.929. The van der Waals surface area contributed by atoms with Crippen molar-refractivity contribution < 1.29 is 4.79 Å². The molecule has 0 bridgehead atoms. The van der Waals surface area contributed by atoms with E-state index in [2.05, 4.69) is 18.9 Å². The van der Waals surface area contributed by atoms with E-state index in [0.29, 0.717) is 11.7 Å². The first kappa shape index (κ1) is 12.1. The van der Waals surface area contributed by atoms with Crippen molar-refractivity contribution in [2.24, 2.45) is 17.8 Å². The van der Waals surface area contributed by atoms with Crippen LogP contribution in [0.2, 0.25) is 0 Å². The molecule has 2 atom stereocenters. The van der Waals surface area contributed by atoms with E-state index in [1.54, 1.807) is 0 Å². The first-order valence-electron chi connectivity index (χ1n) is 6.90. The third-order valence-corrected chi connectivity index (χ3v) is 4.25. The minimum Gasteiger partial charge on any atom is -0.305 e. The van der Waals surface area contributed by atoms with E-state index in [1.165, 1.54) is 25.8 Å². The topological polar surface area (TPSA) is 20.3 Å². The summed E-state index contributed by atoms with van der Waals surface area (Å²) < 4.78 is 0. The Morgan fingerprint density at radius 1 is 1.19 bits per heavy atom. The summed E-state index contributed by atoms with van der Waals surface area (Å²) in [5, 5.41) is 0. The number of hydrogen-bond acceptors (Lipinski definition) is 2. The fourth-order valence-electron chi connectivity index (χ4n) is 2.94. The molecule has 0 amide bonds. The van der Waals surface area contributed by atoms with E-state index in [0.717, 1.165) is 37.6 Å². The zero-order valence-corrected chi connectivity index (χ0v) is 10.7.